The number of hydrazine groups is 1. The third-order valence-corrected chi connectivity index (χ3v) is 4.04. The molecule has 0 aromatic rings. The molecule has 116 valence electrons. The number of carbonyl (C=O) groups is 3. The molecule has 0 bridgehead atoms. The average Bonchev–Trinajstić information content (AvgIpc) is 2.84. The number of ether oxygens (including phenoxy) is 2. The number of nitrogens with one attached hydrogen (secondary N) is 1. The summed E-state index contributed by atoms with van der Waals surface area (Å²) in [7, 11) is 1.16. The lowest BCUT2D eigenvalue weighted by atomic mass is 9.72. The Labute approximate surface area is 120 Å². The van der Waals surface area contributed by atoms with Crippen molar-refractivity contribution in [3.8, 4) is 0 Å². The van der Waals surface area contributed by atoms with Gasteiger partial charge in [0.05, 0.1) is 19.3 Å². The van der Waals surface area contributed by atoms with Crippen LogP contribution in [0.2, 0.25) is 0 Å². The zero-order valence-electron chi connectivity index (χ0n) is 11.9. The minimum atomic E-state index is -1.91. The maximum atomic E-state index is 12.2. The normalized spacial score (nSPS) is 31.6. The SMILES string of the molecule is COC(=O)C1=C(C)N(NC(N)=O)C(C)(O)C12CCOC2=O. The first-order valence-electron chi connectivity index (χ1n) is 6.25. The minimum absolute atomic E-state index is 0.0488. The molecule has 9 heteroatoms. The highest BCUT2D eigenvalue weighted by Crippen LogP contribution is 2.54. The minimum Gasteiger partial charge on any atom is -0.466 e. The fourth-order valence-corrected chi connectivity index (χ4v) is 3.08. The number of hydrogen-bond acceptors (Lipinski definition) is 7. The first-order valence-corrected chi connectivity index (χ1v) is 6.25. The Kier molecular flexibility index (Phi) is 3.32. The Hall–Kier alpha value is -2.29. The van der Waals surface area contributed by atoms with Gasteiger partial charge in [-0.1, -0.05) is 0 Å². The number of methoxy groups -OCH3 is 1. The van der Waals surface area contributed by atoms with Gasteiger partial charge in [-0.25, -0.2) is 15.0 Å². The molecule has 2 atom stereocenters. The highest BCUT2D eigenvalue weighted by atomic mass is 16.5. The summed E-state index contributed by atoms with van der Waals surface area (Å²) in [4.78, 5) is 35.4. The summed E-state index contributed by atoms with van der Waals surface area (Å²) in [5.74, 6) is -1.53. The van der Waals surface area contributed by atoms with Crippen LogP contribution in [0.5, 0.6) is 0 Å². The van der Waals surface area contributed by atoms with Crippen molar-refractivity contribution in [2.45, 2.75) is 26.0 Å². The Bertz CT molecular complexity index is 555. The molecule has 2 heterocycles. The summed E-state index contributed by atoms with van der Waals surface area (Å²) >= 11 is 0. The van der Waals surface area contributed by atoms with Gasteiger partial charge in [0, 0.05) is 12.1 Å². The highest BCUT2D eigenvalue weighted by molar-refractivity contribution is 6.01. The summed E-state index contributed by atoms with van der Waals surface area (Å²) in [6.07, 6.45) is 0.0809. The van der Waals surface area contributed by atoms with Crippen LogP contribution in [0.3, 0.4) is 0 Å². The smallest absolute Gasteiger partial charge is 0.336 e. The molecule has 0 radical (unpaired) electrons. The van der Waals surface area contributed by atoms with Crippen LogP contribution in [0.15, 0.2) is 11.3 Å². The first-order chi connectivity index (χ1) is 9.70. The third kappa shape index (κ3) is 1.77. The quantitative estimate of drug-likeness (QED) is 0.556. The van der Waals surface area contributed by atoms with Crippen LogP contribution in [0.25, 0.3) is 0 Å². The zero-order valence-corrected chi connectivity index (χ0v) is 11.9. The van der Waals surface area contributed by atoms with E-state index < -0.39 is 29.1 Å². The number of urea groups is 1. The van der Waals surface area contributed by atoms with E-state index in [2.05, 4.69) is 5.43 Å². The molecule has 4 N–H and O–H groups in total. The van der Waals surface area contributed by atoms with Gasteiger partial charge in [-0.15, -0.1) is 0 Å². The van der Waals surface area contributed by atoms with Gasteiger partial charge < -0.3 is 20.3 Å². The number of cyclic esters (lactones) is 1. The third-order valence-electron chi connectivity index (χ3n) is 4.04. The van der Waals surface area contributed by atoms with Crippen LogP contribution in [0.1, 0.15) is 20.3 Å². The van der Waals surface area contributed by atoms with Gasteiger partial charge in [-0.2, -0.15) is 0 Å². The highest BCUT2D eigenvalue weighted by Gasteiger charge is 2.69. The van der Waals surface area contributed by atoms with Crippen LogP contribution >= 0.6 is 0 Å². The second-order valence-electron chi connectivity index (χ2n) is 5.08. The van der Waals surface area contributed by atoms with E-state index in [4.69, 9.17) is 15.2 Å². The second-order valence-corrected chi connectivity index (χ2v) is 5.08. The molecule has 1 saturated heterocycles. The molecular weight excluding hydrogens is 282 g/mol. The van der Waals surface area contributed by atoms with E-state index in [1.54, 1.807) is 0 Å². The van der Waals surface area contributed by atoms with Gasteiger partial charge in [-0.05, 0) is 13.8 Å². The van der Waals surface area contributed by atoms with Crippen LogP contribution in [0, 0.1) is 5.41 Å². The summed E-state index contributed by atoms with van der Waals surface area (Å²) < 4.78 is 9.64. The molecule has 0 aromatic carbocycles. The van der Waals surface area contributed by atoms with Crippen molar-refractivity contribution >= 4 is 18.0 Å². The molecule has 0 aliphatic carbocycles. The number of hydrogen-bond donors (Lipinski definition) is 3. The molecule has 9 nitrogen and oxygen atoms in total. The van der Waals surface area contributed by atoms with Crippen molar-refractivity contribution in [2.24, 2.45) is 11.1 Å². The van der Waals surface area contributed by atoms with Crippen molar-refractivity contribution in [1.29, 1.82) is 0 Å². The van der Waals surface area contributed by atoms with Crippen LogP contribution in [0.4, 0.5) is 4.79 Å². The number of amides is 2. The van der Waals surface area contributed by atoms with Gasteiger partial charge >= 0.3 is 18.0 Å². The Morgan fingerprint density at radius 1 is 1.52 bits per heavy atom. The van der Waals surface area contributed by atoms with Crippen molar-refractivity contribution < 1.29 is 29.0 Å². The molecule has 1 fully saturated rings. The van der Waals surface area contributed by atoms with Crippen LogP contribution < -0.4 is 11.2 Å². The number of allylic oxidation sites excluding steroid dienone is 1. The predicted octanol–water partition coefficient (Wildman–Crippen LogP) is -1.03. The maximum Gasteiger partial charge on any atom is 0.336 e. The lowest BCUT2D eigenvalue weighted by Crippen LogP contribution is -2.61. The molecule has 1 spiro atoms. The largest absolute Gasteiger partial charge is 0.466 e. The van der Waals surface area contributed by atoms with Gasteiger partial charge in [0.25, 0.3) is 0 Å². The molecule has 2 aliphatic rings. The number of rotatable bonds is 2. The fraction of sp³-hybridized carbons (Fsp3) is 0.583. The predicted molar refractivity (Wildman–Crippen MR) is 67.9 cm³/mol. The summed E-state index contributed by atoms with van der Waals surface area (Å²) in [5.41, 5.74) is 3.86. The van der Waals surface area contributed by atoms with E-state index in [9.17, 15) is 19.5 Å². The van der Waals surface area contributed by atoms with Crippen molar-refractivity contribution in [1.82, 2.24) is 10.4 Å². The van der Waals surface area contributed by atoms with Crippen LogP contribution in [-0.2, 0) is 19.1 Å². The summed E-state index contributed by atoms with van der Waals surface area (Å²) in [5, 5.41) is 11.8. The van der Waals surface area contributed by atoms with E-state index in [-0.39, 0.29) is 24.3 Å². The second kappa shape index (κ2) is 4.62. The van der Waals surface area contributed by atoms with Crippen molar-refractivity contribution in [3.05, 3.63) is 11.3 Å². The zero-order chi connectivity index (χ0) is 16.0. The molecule has 2 amide bonds. The molecule has 2 rings (SSSR count). The van der Waals surface area contributed by atoms with Gasteiger partial charge in [0.1, 0.15) is 0 Å². The Morgan fingerprint density at radius 2 is 2.14 bits per heavy atom. The van der Waals surface area contributed by atoms with Crippen molar-refractivity contribution in [2.75, 3.05) is 13.7 Å². The van der Waals surface area contributed by atoms with E-state index in [0.717, 1.165) is 12.1 Å². The fourth-order valence-electron chi connectivity index (χ4n) is 3.08. The number of esters is 2. The summed E-state index contributed by atoms with van der Waals surface area (Å²) in [6.45, 7) is 2.82. The average molecular weight is 299 g/mol. The van der Waals surface area contributed by atoms with Gasteiger partial charge in [-0.3, -0.25) is 9.80 Å². The monoisotopic (exact) mass is 299 g/mol. The molecule has 0 aromatic heterocycles. The number of carbonyl (C=O) groups excluding carboxylic acids is 3. The summed E-state index contributed by atoms with van der Waals surface area (Å²) in [6, 6.07) is -0.942. The maximum absolute atomic E-state index is 12.2. The van der Waals surface area contributed by atoms with Gasteiger partial charge in [0.15, 0.2) is 11.1 Å². The number of nitrogens with zero attached hydrogens (tertiary/aromatic N) is 1. The molecular formula is C12H17N3O6. The van der Waals surface area contributed by atoms with E-state index in [0.29, 0.717) is 0 Å². The van der Waals surface area contributed by atoms with Gasteiger partial charge in [0.2, 0.25) is 0 Å². The molecule has 2 unspecified atom stereocenters. The lowest BCUT2D eigenvalue weighted by Gasteiger charge is -2.40. The van der Waals surface area contributed by atoms with Crippen molar-refractivity contribution in [3.63, 3.8) is 0 Å². The molecule has 0 saturated carbocycles. The Morgan fingerprint density at radius 3 is 2.57 bits per heavy atom. The lowest BCUT2D eigenvalue weighted by molar-refractivity contribution is -0.177. The van der Waals surface area contributed by atoms with Crippen LogP contribution in [-0.4, -0.2) is 47.5 Å². The molecule has 21 heavy (non-hydrogen) atoms. The standard InChI is InChI=1S/C12H17N3O6/c1-6-7(8(16)20-3)12(4-5-21-9(12)17)11(2,19)15(6)14-10(13)18/h19H,4-5H2,1-3H3,(H3,13,14,18). The molecule has 2 aliphatic heterocycles. The van der Waals surface area contributed by atoms with E-state index in [1.165, 1.54) is 13.8 Å². The number of aliphatic hydroxyl groups is 1. The number of primary amides is 1. The Balaban J connectivity index is 2.65. The van der Waals surface area contributed by atoms with E-state index in [1.807, 2.05) is 0 Å². The topological polar surface area (TPSA) is 131 Å². The van der Waals surface area contributed by atoms with E-state index >= 15 is 0 Å². The number of nitrogens with two attached hydrogens (primary N) is 1. The first kappa shape index (κ1) is 15.1.